The fraction of sp³-hybridized carbons (Fsp3) is 0.0526. The standard InChI is InChI=1S/C57H36N2O2/c1-57(2)47-21-12-20-42(55(47)46-27-34-15-6-7-16-35(34)29-48(46)57)39-24-25-40(38-18-9-8-17-37(38)39)50-32-49(58-56(59-50)33-13-4-3-5-14-33)36-23-26-52-43(28-36)45-31-53-44(30-54(45)61-52)41-19-10-11-22-51(41)60-53/h3-32H,1-2H3. The lowest BCUT2D eigenvalue weighted by molar-refractivity contribution is 0.661. The molecule has 1 aliphatic rings. The van der Waals surface area contributed by atoms with E-state index < -0.39 is 0 Å². The number of hydrogen-bond acceptors (Lipinski definition) is 4. The summed E-state index contributed by atoms with van der Waals surface area (Å²) in [7, 11) is 0. The van der Waals surface area contributed by atoms with Crippen LogP contribution in [-0.4, -0.2) is 9.97 Å². The van der Waals surface area contributed by atoms with E-state index in [1.165, 1.54) is 49.5 Å². The van der Waals surface area contributed by atoms with E-state index in [4.69, 9.17) is 18.8 Å². The van der Waals surface area contributed by atoms with Crippen LogP contribution >= 0.6 is 0 Å². The van der Waals surface area contributed by atoms with Gasteiger partial charge >= 0.3 is 0 Å². The minimum atomic E-state index is -0.128. The van der Waals surface area contributed by atoms with Gasteiger partial charge in [-0.2, -0.15) is 0 Å². The van der Waals surface area contributed by atoms with E-state index in [2.05, 4.69) is 159 Å². The normalized spacial score (nSPS) is 13.2. The molecule has 0 saturated carbocycles. The predicted octanol–water partition coefficient (Wildman–Crippen LogP) is 15.6. The van der Waals surface area contributed by atoms with Gasteiger partial charge in [0.2, 0.25) is 0 Å². The third-order valence-corrected chi connectivity index (χ3v) is 13.1. The van der Waals surface area contributed by atoms with Crippen molar-refractivity contribution in [2.45, 2.75) is 19.3 Å². The second kappa shape index (κ2) is 12.6. The molecule has 9 aromatic carbocycles. The van der Waals surface area contributed by atoms with Crippen LogP contribution in [0.4, 0.5) is 0 Å². The molecule has 61 heavy (non-hydrogen) atoms. The van der Waals surface area contributed by atoms with Crippen molar-refractivity contribution in [1.29, 1.82) is 0 Å². The zero-order valence-corrected chi connectivity index (χ0v) is 33.5. The molecule has 0 unspecified atom stereocenters. The zero-order valence-electron chi connectivity index (χ0n) is 33.5. The van der Waals surface area contributed by atoms with Gasteiger partial charge in [-0.05, 0) is 110 Å². The van der Waals surface area contributed by atoms with Gasteiger partial charge in [-0.3, -0.25) is 0 Å². The van der Waals surface area contributed by atoms with Crippen molar-refractivity contribution in [2.75, 3.05) is 0 Å². The molecule has 0 atom stereocenters. The molecule has 0 amide bonds. The molecule has 13 rings (SSSR count). The molecule has 0 saturated heterocycles. The average Bonchev–Trinajstić information content (AvgIpc) is 3.93. The van der Waals surface area contributed by atoms with Crippen molar-refractivity contribution >= 4 is 65.4 Å². The van der Waals surface area contributed by atoms with Gasteiger partial charge in [-0.1, -0.05) is 141 Å². The smallest absolute Gasteiger partial charge is 0.160 e. The number of rotatable bonds is 4. The molecule has 3 aromatic heterocycles. The molecule has 0 spiro atoms. The summed E-state index contributed by atoms with van der Waals surface area (Å²) in [5, 5.41) is 9.02. The van der Waals surface area contributed by atoms with E-state index in [0.717, 1.165) is 77.3 Å². The van der Waals surface area contributed by atoms with Gasteiger partial charge in [0, 0.05) is 43.7 Å². The number of nitrogens with zero attached hydrogens (tertiary/aromatic N) is 2. The fourth-order valence-corrected chi connectivity index (χ4v) is 10.1. The molecule has 3 heterocycles. The van der Waals surface area contributed by atoms with Crippen LogP contribution in [0.25, 0.3) is 122 Å². The molecular formula is C57H36N2O2. The second-order valence-corrected chi connectivity index (χ2v) is 16.9. The van der Waals surface area contributed by atoms with Gasteiger partial charge in [-0.25, -0.2) is 9.97 Å². The summed E-state index contributed by atoms with van der Waals surface area (Å²) < 4.78 is 12.7. The molecular weight excluding hydrogens is 745 g/mol. The minimum absolute atomic E-state index is 0.128. The molecule has 4 nitrogen and oxygen atoms in total. The van der Waals surface area contributed by atoms with E-state index in [-0.39, 0.29) is 5.41 Å². The van der Waals surface area contributed by atoms with Gasteiger partial charge in [0.1, 0.15) is 22.3 Å². The highest BCUT2D eigenvalue weighted by Gasteiger charge is 2.37. The van der Waals surface area contributed by atoms with Crippen LogP contribution in [0, 0.1) is 0 Å². The number of fused-ring (bicyclic) bond motifs is 11. The lowest BCUT2D eigenvalue weighted by atomic mass is 9.81. The maximum absolute atomic E-state index is 6.45. The highest BCUT2D eigenvalue weighted by Crippen LogP contribution is 2.54. The summed E-state index contributed by atoms with van der Waals surface area (Å²) in [6.07, 6.45) is 0. The summed E-state index contributed by atoms with van der Waals surface area (Å²) in [5.74, 6) is 0.675. The Morgan fingerprint density at radius 2 is 0.984 bits per heavy atom. The fourth-order valence-electron chi connectivity index (χ4n) is 10.1. The molecule has 286 valence electrons. The molecule has 12 aromatic rings. The van der Waals surface area contributed by atoms with Crippen LogP contribution in [0.5, 0.6) is 0 Å². The molecule has 0 bridgehead atoms. The van der Waals surface area contributed by atoms with E-state index in [1.807, 2.05) is 36.4 Å². The summed E-state index contributed by atoms with van der Waals surface area (Å²) >= 11 is 0. The first-order chi connectivity index (χ1) is 30.0. The first-order valence-electron chi connectivity index (χ1n) is 20.9. The Balaban J connectivity index is 0.992. The number of para-hydroxylation sites is 1. The van der Waals surface area contributed by atoms with Crippen LogP contribution < -0.4 is 0 Å². The number of benzene rings is 9. The zero-order chi connectivity index (χ0) is 40.4. The van der Waals surface area contributed by atoms with Crippen molar-refractivity contribution in [3.05, 3.63) is 193 Å². The predicted molar refractivity (Wildman–Crippen MR) is 251 cm³/mol. The van der Waals surface area contributed by atoms with Gasteiger partial charge in [0.05, 0.1) is 11.4 Å². The number of hydrogen-bond donors (Lipinski definition) is 0. The molecule has 4 heteroatoms. The lowest BCUT2D eigenvalue weighted by Crippen LogP contribution is -2.14. The van der Waals surface area contributed by atoms with Gasteiger partial charge in [0.25, 0.3) is 0 Å². The Hall–Kier alpha value is -7.82. The van der Waals surface area contributed by atoms with Crippen LogP contribution in [0.1, 0.15) is 25.0 Å². The second-order valence-electron chi connectivity index (χ2n) is 16.9. The molecule has 0 aliphatic heterocycles. The molecule has 1 aliphatic carbocycles. The van der Waals surface area contributed by atoms with Crippen molar-refractivity contribution in [2.24, 2.45) is 0 Å². The molecule has 0 N–H and O–H groups in total. The SMILES string of the molecule is CC1(C)c2cc3ccccc3cc2-c2c(-c3ccc(-c4cc(-c5ccc6oc7cc8c(cc7c6c5)oc5ccccc58)nc(-c5ccccc5)n4)c4ccccc34)cccc21. The highest BCUT2D eigenvalue weighted by molar-refractivity contribution is 6.15. The lowest BCUT2D eigenvalue weighted by Gasteiger charge is -2.22. The summed E-state index contributed by atoms with van der Waals surface area (Å²) in [5.41, 5.74) is 15.8. The van der Waals surface area contributed by atoms with Crippen LogP contribution in [0.2, 0.25) is 0 Å². The van der Waals surface area contributed by atoms with Crippen molar-refractivity contribution in [1.82, 2.24) is 9.97 Å². The Kier molecular flexibility index (Phi) is 7.04. The monoisotopic (exact) mass is 780 g/mol. The highest BCUT2D eigenvalue weighted by atomic mass is 16.3. The first-order valence-corrected chi connectivity index (χ1v) is 20.9. The van der Waals surface area contributed by atoms with Crippen LogP contribution in [0.15, 0.2) is 191 Å². The first kappa shape index (κ1) is 34.1. The quantitative estimate of drug-likeness (QED) is 0.178. The Morgan fingerprint density at radius 3 is 1.79 bits per heavy atom. The van der Waals surface area contributed by atoms with E-state index in [9.17, 15) is 0 Å². The Bertz CT molecular complexity index is 3800. The maximum Gasteiger partial charge on any atom is 0.160 e. The van der Waals surface area contributed by atoms with Crippen LogP contribution in [0.3, 0.4) is 0 Å². The summed E-state index contributed by atoms with van der Waals surface area (Å²) in [6.45, 7) is 4.72. The third-order valence-electron chi connectivity index (χ3n) is 13.1. The largest absolute Gasteiger partial charge is 0.456 e. The molecule has 0 fully saturated rings. The van der Waals surface area contributed by atoms with Gasteiger partial charge in [0.15, 0.2) is 5.82 Å². The van der Waals surface area contributed by atoms with Crippen molar-refractivity contribution < 1.29 is 8.83 Å². The van der Waals surface area contributed by atoms with E-state index in [1.54, 1.807) is 0 Å². The van der Waals surface area contributed by atoms with Crippen molar-refractivity contribution in [3.63, 3.8) is 0 Å². The average molecular weight is 781 g/mol. The van der Waals surface area contributed by atoms with Gasteiger partial charge < -0.3 is 8.83 Å². The minimum Gasteiger partial charge on any atom is -0.456 e. The Labute approximate surface area is 351 Å². The van der Waals surface area contributed by atoms with E-state index in [0.29, 0.717) is 5.82 Å². The molecule has 0 radical (unpaired) electrons. The van der Waals surface area contributed by atoms with Crippen LogP contribution in [-0.2, 0) is 5.41 Å². The summed E-state index contributed by atoms with van der Waals surface area (Å²) in [6, 6.07) is 64.8. The van der Waals surface area contributed by atoms with E-state index >= 15 is 0 Å². The summed E-state index contributed by atoms with van der Waals surface area (Å²) in [4.78, 5) is 10.5. The van der Waals surface area contributed by atoms with Gasteiger partial charge in [-0.15, -0.1) is 0 Å². The maximum atomic E-state index is 6.45. The third kappa shape index (κ3) is 5.06. The number of aromatic nitrogens is 2. The van der Waals surface area contributed by atoms with Crippen molar-refractivity contribution in [3.8, 4) is 56.2 Å². The number of furan rings is 2. The topological polar surface area (TPSA) is 52.1 Å². The Morgan fingerprint density at radius 1 is 0.361 bits per heavy atom.